The van der Waals surface area contributed by atoms with E-state index in [9.17, 15) is 4.79 Å². The number of amides is 2. The van der Waals surface area contributed by atoms with Crippen molar-refractivity contribution in [2.24, 2.45) is 0 Å². The normalized spacial score (nSPS) is 15.0. The molecule has 8 nitrogen and oxygen atoms in total. The second kappa shape index (κ2) is 9.09. The van der Waals surface area contributed by atoms with Crippen LogP contribution in [0.25, 0.3) is 0 Å². The van der Waals surface area contributed by atoms with Crippen molar-refractivity contribution >= 4 is 23.5 Å². The Bertz CT molecular complexity index is 1220. The molecule has 2 heterocycles. The summed E-state index contributed by atoms with van der Waals surface area (Å²) in [7, 11) is 0. The minimum atomic E-state index is -0.348. The molecular formula is C25H26N6O2. The maximum absolute atomic E-state index is 13.2. The molecule has 0 saturated heterocycles. The van der Waals surface area contributed by atoms with E-state index in [0.29, 0.717) is 17.2 Å². The van der Waals surface area contributed by atoms with Gasteiger partial charge >= 0.3 is 6.03 Å². The fraction of sp³-hybridized carbons (Fsp3) is 0.240. The number of fused-ring (bicyclic) bond motifs is 1. The zero-order valence-corrected chi connectivity index (χ0v) is 18.6. The largest absolute Gasteiger partial charge is 0.481 e. The highest BCUT2D eigenvalue weighted by Crippen LogP contribution is 2.38. The number of ether oxygens (including phenoxy) is 1. The number of rotatable bonds is 6. The average Bonchev–Trinajstić information content (AvgIpc) is 2.80. The fourth-order valence-electron chi connectivity index (χ4n) is 3.83. The van der Waals surface area contributed by atoms with Crippen molar-refractivity contribution in [3.63, 3.8) is 0 Å². The number of anilines is 3. The summed E-state index contributed by atoms with van der Waals surface area (Å²) in [6, 6.07) is 13.2. The van der Waals surface area contributed by atoms with Crippen molar-refractivity contribution in [2.45, 2.75) is 32.4 Å². The second-order valence-electron chi connectivity index (χ2n) is 8.14. The number of nitrogens with two attached hydrogens (primary N) is 2. The van der Waals surface area contributed by atoms with Crippen molar-refractivity contribution in [3.8, 4) is 18.1 Å². The molecule has 1 aliphatic rings. The molecule has 0 fully saturated rings. The summed E-state index contributed by atoms with van der Waals surface area (Å²) in [5, 5.41) is 3.11. The SMILES string of the molecule is C#CCOc1ccc2c(c1)C(c1ccc(C(C)C)cc1)NC(=O)N2Cc1cnc(N)nc1N. The van der Waals surface area contributed by atoms with Crippen LogP contribution in [0.4, 0.5) is 22.2 Å². The van der Waals surface area contributed by atoms with Crippen molar-refractivity contribution in [3.05, 3.63) is 70.9 Å². The molecule has 0 bridgehead atoms. The standard InChI is InChI=1S/C25H26N6O2/c1-4-11-33-19-9-10-21-20(12-19)22(17-7-5-16(6-8-17)15(2)3)29-25(32)31(21)14-18-13-28-24(27)30-23(18)26/h1,5-10,12-13,15,22H,11,14H2,2-3H3,(H,29,32)(H4,26,27,28,30). The third kappa shape index (κ3) is 4.53. The van der Waals surface area contributed by atoms with Crippen LogP contribution < -0.4 is 26.4 Å². The first-order valence-corrected chi connectivity index (χ1v) is 10.6. The lowest BCUT2D eigenvalue weighted by molar-refractivity contribution is 0.242. The fourth-order valence-corrected chi connectivity index (χ4v) is 3.83. The van der Waals surface area contributed by atoms with Gasteiger partial charge in [0.2, 0.25) is 5.95 Å². The summed E-state index contributed by atoms with van der Waals surface area (Å²) in [5.74, 6) is 3.83. The molecule has 0 radical (unpaired) electrons. The molecule has 8 heteroatoms. The van der Waals surface area contributed by atoms with Gasteiger partial charge in [-0.3, -0.25) is 4.90 Å². The van der Waals surface area contributed by atoms with E-state index in [4.69, 9.17) is 22.6 Å². The average molecular weight is 443 g/mol. The number of nitrogen functional groups attached to an aromatic ring is 2. The third-order valence-corrected chi connectivity index (χ3v) is 5.62. The number of benzene rings is 2. The molecule has 1 aromatic heterocycles. The Balaban J connectivity index is 1.75. The molecule has 0 saturated carbocycles. The number of carbonyl (C=O) groups excluding carboxylic acids is 1. The molecule has 5 N–H and O–H groups in total. The van der Waals surface area contributed by atoms with E-state index in [1.165, 1.54) is 11.8 Å². The summed E-state index contributed by atoms with van der Waals surface area (Å²) < 4.78 is 5.65. The van der Waals surface area contributed by atoms with E-state index in [1.807, 2.05) is 24.3 Å². The van der Waals surface area contributed by atoms with Crippen LogP contribution >= 0.6 is 0 Å². The van der Waals surface area contributed by atoms with Gasteiger partial charge < -0.3 is 21.5 Å². The molecule has 4 rings (SSSR count). The second-order valence-corrected chi connectivity index (χ2v) is 8.14. The minimum absolute atomic E-state index is 0.0833. The van der Waals surface area contributed by atoms with Crippen LogP contribution in [0, 0.1) is 12.3 Å². The molecule has 1 aliphatic heterocycles. The molecule has 1 unspecified atom stereocenters. The Morgan fingerprint density at radius 3 is 2.64 bits per heavy atom. The summed E-state index contributed by atoms with van der Waals surface area (Å²) in [6.45, 7) is 4.63. The molecule has 0 spiro atoms. The number of urea groups is 1. The highest BCUT2D eigenvalue weighted by molar-refractivity contribution is 5.96. The topological polar surface area (TPSA) is 119 Å². The number of carbonyl (C=O) groups is 1. The number of nitrogens with one attached hydrogen (secondary N) is 1. The summed E-state index contributed by atoms with van der Waals surface area (Å²) in [4.78, 5) is 22.8. The molecule has 1 atom stereocenters. The van der Waals surface area contributed by atoms with Gasteiger partial charge in [-0.15, -0.1) is 6.42 Å². The van der Waals surface area contributed by atoms with Crippen molar-refractivity contribution in [2.75, 3.05) is 23.0 Å². The monoisotopic (exact) mass is 442 g/mol. The van der Waals surface area contributed by atoms with Crippen molar-refractivity contribution < 1.29 is 9.53 Å². The lowest BCUT2D eigenvalue weighted by atomic mass is 9.92. The van der Waals surface area contributed by atoms with E-state index < -0.39 is 0 Å². The summed E-state index contributed by atoms with van der Waals surface area (Å²) >= 11 is 0. The van der Waals surface area contributed by atoms with Gasteiger partial charge in [0.15, 0.2) is 0 Å². The van der Waals surface area contributed by atoms with Crippen LogP contribution in [0.5, 0.6) is 5.75 Å². The Hall–Kier alpha value is -4.25. The number of hydrogen-bond donors (Lipinski definition) is 3. The van der Waals surface area contributed by atoms with Gasteiger partial charge in [-0.25, -0.2) is 9.78 Å². The van der Waals surface area contributed by atoms with Crippen LogP contribution in [0.3, 0.4) is 0 Å². The predicted molar refractivity (Wildman–Crippen MR) is 129 cm³/mol. The molecule has 2 amide bonds. The summed E-state index contributed by atoms with van der Waals surface area (Å²) in [5.41, 5.74) is 16.0. The lowest BCUT2D eigenvalue weighted by Gasteiger charge is -2.35. The van der Waals surface area contributed by atoms with Gasteiger partial charge in [0.05, 0.1) is 18.3 Å². The highest BCUT2D eigenvalue weighted by Gasteiger charge is 2.32. The first-order chi connectivity index (χ1) is 15.9. The van der Waals surface area contributed by atoms with Gasteiger partial charge in [0.25, 0.3) is 0 Å². The van der Waals surface area contributed by atoms with Gasteiger partial charge in [0, 0.05) is 17.3 Å². The van der Waals surface area contributed by atoms with Gasteiger partial charge in [0.1, 0.15) is 18.2 Å². The first-order valence-electron chi connectivity index (χ1n) is 10.6. The maximum Gasteiger partial charge on any atom is 0.322 e. The number of nitrogens with zero attached hydrogens (tertiary/aromatic N) is 3. The van der Waals surface area contributed by atoms with Gasteiger partial charge in [-0.2, -0.15) is 4.98 Å². The number of hydrogen-bond acceptors (Lipinski definition) is 6. The van der Waals surface area contributed by atoms with Gasteiger partial charge in [-0.1, -0.05) is 44.0 Å². The Morgan fingerprint density at radius 2 is 1.97 bits per heavy atom. The van der Waals surface area contributed by atoms with Crippen LogP contribution in [-0.4, -0.2) is 22.6 Å². The molecule has 33 heavy (non-hydrogen) atoms. The molecule has 2 aromatic carbocycles. The molecule has 0 aliphatic carbocycles. The number of aromatic nitrogens is 2. The minimum Gasteiger partial charge on any atom is -0.481 e. The van der Waals surface area contributed by atoms with Crippen molar-refractivity contribution in [1.29, 1.82) is 0 Å². The van der Waals surface area contributed by atoms with Crippen LogP contribution in [0.1, 0.15) is 48.1 Å². The Morgan fingerprint density at radius 1 is 1.21 bits per heavy atom. The highest BCUT2D eigenvalue weighted by atomic mass is 16.5. The summed E-state index contributed by atoms with van der Waals surface area (Å²) in [6.07, 6.45) is 6.88. The van der Waals surface area contributed by atoms with Crippen LogP contribution in [-0.2, 0) is 6.54 Å². The zero-order chi connectivity index (χ0) is 23.5. The predicted octanol–water partition coefficient (Wildman–Crippen LogP) is 3.60. The molecule has 3 aromatic rings. The molecular weight excluding hydrogens is 416 g/mol. The van der Waals surface area contributed by atoms with E-state index >= 15 is 0 Å². The van der Waals surface area contributed by atoms with E-state index in [-0.39, 0.29) is 37.0 Å². The molecule has 168 valence electrons. The van der Waals surface area contributed by atoms with Crippen molar-refractivity contribution in [1.82, 2.24) is 15.3 Å². The Labute approximate surface area is 193 Å². The lowest BCUT2D eigenvalue weighted by Crippen LogP contribution is -2.46. The first kappa shape index (κ1) is 22.0. The van der Waals surface area contributed by atoms with Crippen LogP contribution in [0.15, 0.2) is 48.7 Å². The van der Waals surface area contributed by atoms with E-state index in [0.717, 1.165) is 16.8 Å². The maximum atomic E-state index is 13.2. The van der Waals surface area contributed by atoms with Gasteiger partial charge in [-0.05, 0) is 35.2 Å². The van der Waals surface area contributed by atoms with Crippen LogP contribution in [0.2, 0.25) is 0 Å². The van der Waals surface area contributed by atoms with E-state index in [1.54, 1.807) is 11.0 Å². The quantitative estimate of drug-likeness (QED) is 0.502. The zero-order valence-electron chi connectivity index (χ0n) is 18.6. The smallest absolute Gasteiger partial charge is 0.322 e. The third-order valence-electron chi connectivity index (χ3n) is 5.62. The van der Waals surface area contributed by atoms with E-state index in [2.05, 4.69) is 47.2 Å². The number of terminal acetylenes is 1. The Kier molecular flexibility index (Phi) is 6.05.